The Hall–Kier alpha value is -2.27. The van der Waals surface area contributed by atoms with Gasteiger partial charge in [-0.05, 0) is 30.7 Å². The quantitative estimate of drug-likeness (QED) is 0.909. The van der Waals surface area contributed by atoms with Crippen LogP contribution in [0.25, 0.3) is 0 Å². The number of halogens is 1. The minimum Gasteiger partial charge on any atom is -0.495 e. The minimum atomic E-state index is -0.271. The van der Waals surface area contributed by atoms with E-state index in [2.05, 4.69) is 15.6 Å². The highest BCUT2D eigenvalue weighted by molar-refractivity contribution is 6.31. The molecule has 1 heterocycles. The number of aromatic nitrogens is 1. The zero-order valence-corrected chi connectivity index (χ0v) is 12.8. The second kappa shape index (κ2) is 6.45. The lowest BCUT2D eigenvalue weighted by Crippen LogP contribution is -2.15. The van der Waals surface area contributed by atoms with Gasteiger partial charge in [0.2, 0.25) is 0 Å². The third-order valence-corrected chi connectivity index (χ3v) is 3.43. The molecule has 1 aromatic carbocycles. The number of amides is 1. The summed E-state index contributed by atoms with van der Waals surface area (Å²) in [7, 11) is 3.24. The Labute approximate surface area is 128 Å². The Morgan fingerprint density at radius 2 is 2.14 bits per heavy atom. The molecule has 21 heavy (non-hydrogen) atoms. The standard InChI is InChI=1S/C15H16ClN3O2/c1-9-7-12(13(21-3)8-11(9)16)19-15(20)10-5-4-6-18-14(10)17-2/h4-8H,1-3H3,(H,17,18)(H,19,20). The fourth-order valence-corrected chi connectivity index (χ4v) is 2.06. The first-order chi connectivity index (χ1) is 10.1. The van der Waals surface area contributed by atoms with Crippen LogP contribution in [0.5, 0.6) is 5.75 Å². The Bertz CT molecular complexity index is 674. The van der Waals surface area contributed by atoms with Crippen LogP contribution >= 0.6 is 11.6 Å². The van der Waals surface area contributed by atoms with Crippen molar-refractivity contribution in [3.8, 4) is 5.75 Å². The molecule has 0 radical (unpaired) electrons. The Morgan fingerprint density at radius 3 is 2.81 bits per heavy atom. The largest absolute Gasteiger partial charge is 0.495 e. The van der Waals surface area contributed by atoms with E-state index in [1.165, 1.54) is 7.11 Å². The van der Waals surface area contributed by atoms with Crippen molar-refractivity contribution < 1.29 is 9.53 Å². The van der Waals surface area contributed by atoms with Crippen molar-refractivity contribution in [2.45, 2.75) is 6.92 Å². The van der Waals surface area contributed by atoms with E-state index < -0.39 is 0 Å². The summed E-state index contributed by atoms with van der Waals surface area (Å²) in [5, 5.41) is 6.29. The lowest BCUT2D eigenvalue weighted by atomic mass is 10.2. The molecule has 110 valence electrons. The van der Waals surface area contributed by atoms with Gasteiger partial charge in [0.25, 0.3) is 5.91 Å². The maximum absolute atomic E-state index is 12.4. The first kappa shape index (κ1) is 15.1. The molecule has 0 aliphatic rings. The van der Waals surface area contributed by atoms with E-state index in [0.29, 0.717) is 27.8 Å². The maximum atomic E-state index is 12.4. The molecule has 0 atom stereocenters. The summed E-state index contributed by atoms with van der Waals surface area (Å²) in [4.78, 5) is 16.5. The lowest BCUT2D eigenvalue weighted by molar-refractivity contribution is 0.102. The predicted molar refractivity (Wildman–Crippen MR) is 84.5 cm³/mol. The number of rotatable bonds is 4. The number of carbonyl (C=O) groups is 1. The number of nitrogens with zero attached hydrogens (tertiary/aromatic N) is 1. The molecule has 0 unspecified atom stereocenters. The monoisotopic (exact) mass is 305 g/mol. The molecule has 6 heteroatoms. The number of hydrogen-bond donors (Lipinski definition) is 2. The van der Waals surface area contributed by atoms with Crippen LogP contribution < -0.4 is 15.4 Å². The molecule has 2 aromatic rings. The van der Waals surface area contributed by atoms with Gasteiger partial charge in [0.05, 0.1) is 18.4 Å². The lowest BCUT2D eigenvalue weighted by Gasteiger charge is -2.13. The molecular formula is C15H16ClN3O2. The summed E-state index contributed by atoms with van der Waals surface area (Å²) >= 11 is 6.05. The zero-order valence-electron chi connectivity index (χ0n) is 12.0. The van der Waals surface area contributed by atoms with Crippen molar-refractivity contribution in [2.24, 2.45) is 0 Å². The van der Waals surface area contributed by atoms with Gasteiger partial charge in [-0.25, -0.2) is 4.98 Å². The number of hydrogen-bond acceptors (Lipinski definition) is 4. The van der Waals surface area contributed by atoms with Gasteiger partial charge in [-0.3, -0.25) is 4.79 Å². The minimum absolute atomic E-state index is 0.271. The van der Waals surface area contributed by atoms with Crippen LogP contribution in [0, 0.1) is 6.92 Å². The van der Waals surface area contributed by atoms with Crippen LogP contribution in [0.2, 0.25) is 5.02 Å². The number of benzene rings is 1. The van der Waals surface area contributed by atoms with Crippen LogP contribution in [-0.4, -0.2) is 25.0 Å². The third-order valence-electron chi connectivity index (χ3n) is 3.02. The topological polar surface area (TPSA) is 63.2 Å². The van der Waals surface area contributed by atoms with Crippen molar-refractivity contribution in [1.29, 1.82) is 0 Å². The zero-order chi connectivity index (χ0) is 15.4. The van der Waals surface area contributed by atoms with Gasteiger partial charge in [0.1, 0.15) is 11.6 Å². The molecule has 2 N–H and O–H groups in total. The summed E-state index contributed by atoms with van der Waals surface area (Å²) in [5.41, 5.74) is 1.87. The van der Waals surface area contributed by atoms with Crippen LogP contribution in [-0.2, 0) is 0 Å². The van der Waals surface area contributed by atoms with Gasteiger partial charge >= 0.3 is 0 Å². The highest BCUT2D eigenvalue weighted by Crippen LogP contribution is 2.31. The van der Waals surface area contributed by atoms with Crippen molar-refractivity contribution in [1.82, 2.24) is 4.98 Å². The number of anilines is 2. The van der Waals surface area contributed by atoms with Crippen LogP contribution in [0.4, 0.5) is 11.5 Å². The van der Waals surface area contributed by atoms with E-state index >= 15 is 0 Å². The van der Waals surface area contributed by atoms with E-state index in [4.69, 9.17) is 16.3 Å². The summed E-state index contributed by atoms with van der Waals surface area (Å²) in [6.45, 7) is 1.86. The number of ether oxygens (including phenoxy) is 1. The number of pyridine rings is 1. The molecule has 1 amide bonds. The summed E-state index contributed by atoms with van der Waals surface area (Å²) < 4.78 is 5.24. The average molecular weight is 306 g/mol. The molecule has 0 spiro atoms. The molecule has 5 nitrogen and oxygen atoms in total. The number of aryl methyl sites for hydroxylation is 1. The highest BCUT2D eigenvalue weighted by atomic mass is 35.5. The van der Waals surface area contributed by atoms with E-state index in [-0.39, 0.29) is 5.91 Å². The molecular weight excluding hydrogens is 290 g/mol. The summed E-state index contributed by atoms with van der Waals surface area (Å²) in [6, 6.07) is 6.85. The number of carbonyl (C=O) groups excluding carboxylic acids is 1. The van der Waals surface area contributed by atoms with Gasteiger partial charge in [-0.1, -0.05) is 11.6 Å². The van der Waals surface area contributed by atoms with Crippen molar-refractivity contribution >= 4 is 29.0 Å². The van der Waals surface area contributed by atoms with Gasteiger partial charge < -0.3 is 15.4 Å². The van der Waals surface area contributed by atoms with E-state index in [1.807, 2.05) is 6.92 Å². The Kier molecular flexibility index (Phi) is 4.65. The molecule has 0 saturated carbocycles. The highest BCUT2D eigenvalue weighted by Gasteiger charge is 2.14. The van der Waals surface area contributed by atoms with Gasteiger partial charge in [-0.2, -0.15) is 0 Å². The SMILES string of the molecule is CNc1ncccc1C(=O)Nc1cc(C)c(Cl)cc1OC. The molecule has 0 bridgehead atoms. The number of methoxy groups -OCH3 is 1. The average Bonchev–Trinajstić information content (AvgIpc) is 2.50. The fraction of sp³-hybridized carbons (Fsp3) is 0.200. The summed E-state index contributed by atoms with van der Waals surface area (Å²) in [5.74, 6) is 0.751. The molecule has 0 saturated heterocycles. The van der Waals surface area contributed by atoms with Crippen molar-refractivity contribution in [3.63, 3.8) is 0 Å². The third kappa shape index (κ3) is 3.25. The fourth-order valence-electron chi connectivity index (χ4n) is 1.91. The van der Waals surface area contributed by atoms with Crippen molar-refractivity contribution in [3.05, 3.63) is 46.6 Å². The summed E-state index contributed by atoms with van der Waals surface area (Å²) in [6.07, 6.45) is 1.62. The second-order valence-corrected chi connectivity index (χ2v) is 4.81. The molecule has 0 aliphatic carbocycles. The van der Waals surface area contributed by atoms with Gasteiger partial charge in [-0.15, -0.1) is 0 Å². The molecule has 0 aliphatic heterocycles. The van der Waals surface area contributed by atoms with E-state index in [0.717, 1.165) is 5.56 Å². The Morgan fingerprint density at radius 1 is 1.38 bits per heavy atom. The van der Waals surface area contributed by atoms with E-state index in [1.54, 1.807) is 37.5 Å². The number of nitrogens with one attached hydrogen (secondary N) is 2. The van der Waals surface area contributed by atoms with Gasteiger partial charge in [0.15, 0.2) is 0 Å². The first-order valence-electron chi connectivity index (χ1n) is 6.35. The van der Waals surface area contributed by atoms with Crippen LogP contribution in [0.3, 0.4) is 0 Å². The van der Waals surface area contributed by atoms with Crippen LogP contribution in [0.1, 0.15) is 15.9 Å². The Balaban J connectivity index is 2.33. The predicted octanol–water partition coefficient (Wildman–Crippen LogP) is 3.35. The maximum Gasteiger partial charge on any atom is 0.259 e. The second-order valence-electron chi connectivity index (χ2n) is 4.41. The first-order valence-corrected chi connectivity index (χ1v) is 6.73. The normalized spacial score (nSPS) is 10.1. The molecule has 0 fully saturated rings. The smallest absolute Gasteiger partial charge is 0.259 e. The molecule has 2 rings (SSSR count). The van der Waals surface area contributed by atoms with Crippen molar-refractivity contribution in [2.75, 3.05) is 24.8 Å². The molecule has 1 aromatic heterocycles. The van der Waals surface area contributed by atoms with Crippen LogP contribution in [0.15, 0.2) is 30.5 Å². The van der Waals surface area contributed by atoms with E-state index in [9.17, 15) is 4.79 Å². The van der Waals surface area contributed by atoms with Gasteiger partial charge in [0, 0.05) is 24.3 Å².